The highest BCUT2D eigenvalue weighted by molar-refractivity contribution is 6.35. The molecule has 0 unspecified atom stereocenters. The minimum Gasteiger partial charge on any atom is -0.268 e. The largest absolute Gasteiger partial charge is 0.268 e. The molecule has 0 radical (unpaired) electrons. The number of aryl methyl sites for hydroxylation is 1. The van der Waals surface area contributed by atoms with E-state index in [2.05, 4.69) is 10.2 Å². The number of benzene rings is 1. The summed E-state index contributed by atoms with van der Waals surface area (Å²) in [6.45, 7) is 1.97. The van der Waals surface area contributed by atoms with Crippen molar-refractivity contribution >= 4 is 34.8 Å². The Bertz CT molecular complexity index is 522. The van der Waals surface area contributed by atoms with Crippen molar-refractivity contribution in [2.24, 2.45) is 0 Å². The first kappa shape index (κ1) is 11.7. The summed E-state index contributed by atoms with van der Waals surface area (Å²) in [5.41, 5.74) is 0.695. The maximum atomic E-state index is 6.09. The van der Waals surface area contributed by atoms with Crippen molar-refractivity contribution in [2.75, 3.05) is 0 Å². The van der Waals surface area contributed by atoms with Crippen molar-refractivity contribution in [3.05, 3.63) is 39.4 Å². The first-order chi connectivity index (χ1) is 7.63. The average molecular weight is 277 g/mol. The highest BCUT2D eigenvalue weighted by Crippen LogP contribution is 2.27. The minimum atomic E-state index is 0.279. The van der Waals surface area contributed by atoms with Crippen molar-refractivity contribution in [1.82, 2.24) is 14.8 Å². The van der Waals surface area contributed by atoms with E-state index in [9.17, 15) is 0 Å². The van der Waals surface area contributed by atoms with Gasteiger partial charge in [-0.25, -0.2) is 0 Å². The number of rotatable bonds is 2. The Hall–Kier alpha value is -0.770. The molecule has 0 bridgehead atoms. The summed E-state index contributed by atoms with van der Waals surface area (Å²) in [4.78, 5) is 0. The van der Waals surface area contributed by atoms with Gasteiger partial charge in [0, 0.05) is 11.4 Å². The van der Waals surface area contributed by atoms with Crippen molar-refractivity contribution < 1.29 is 0 Å². The van der Waals surface area contributed by atoms with Crippen LogP contribution in [0.2, 0.25) is 15.3 Å². The Morgan fingerprint density at radius 2 is 1.94 bits per heavy atom. The quantitative estimate of drug-likeness (QED) is 0.835. The van der Waals surface area contributed by atoms with Crippen LogP contribution >= 0.6 is 34.8 Å². The number of hydrogen-bond acceptors (Lipinski definition) is 2. The van der Waals surface area contributed by atoms with E-state index in [0.717, 1.165) is 5.82 Å². The van der Waals surface area contributed by atoms with Gasteiger partial charge in [0.15, 0.2) is 0 Å². The van der Waals surface area contributed by atoms with Gasteiger partial charge in [-0.3, -0.25) is 4.57 Å². The Morgan fingerprint density at radius 1 is 1.19 bits per heavy atom. The van der Waals surface area contributed by atoms with Crippen LogP contribution in [0.25, 0.3) is 5.69 Å². The molecule has 2 rings (SSSR count). The molecule has 0 amide bonds. The molecule has 0 atom stereocenters. The molecule has 0 aliphatic heterocycles. The van der Waals surface area contributed by atoms with Crippen molar-refractivity contribution in [2.45, 2.75) is 13.3 Å². The Balaban J connectivity index is 2.66. The first-order valence-corrected chi connectivity index (χ1v) is 5.82. The molecule has 1 heterocycles. The maximum Gasteiger partial charge on any atom is 0.229 e. The van der Waals surface area contributed by atoms with E-state index in [1.165, 1.54) is 0 Å². The predicted octanol–water partition coefficient (Wildman–Crippen LogP) is 3.79. The van der Waals surface area contributed by atoms with E-state index < -0.39 is 0 Å². The lowest BCUT2D eigenvalue weighted by molar-refractivity contribution is 0.883. The molecule has 3 nitrogen and oxygen atoms in total. The topological polar surface area (TPSA) is 30.7 Å². The molecule has 0 saturated heterocycles. The maximum absolute atomic E-state index is 6.09. The van der Waals surface area contributed by atoms with Gasteiger partial charge >= 0.3 is 0 Å². The van der Waals surface area contributed by atoms with Crippen LogP contribution in [0.1, 0.15) is 12.7 Å². The molecule has 84 valence electrons. The Labute approximate surface area is 108 Å². The monoisotopic (exact) mass is 275 g/mol. The van der Waals surface area contributed by atoms with Crippen LogP contribution in [0.15, 0.2) is 18.2 Å². The first-order valence-electron chi connectivity index (χ1n) is 4.68. The summed E-state index contributed by atoms with van der Waals surface area (Å²) in [5.74, 6) is 0.745. The standard InChI is InChI=1S/C10H8Cl3N3/c1-2-9-14-15-10(13)16(9)8-5-6(11)3-4-7(8)12/h3-5H,2H2,1H3. The van der Waals surface area contributed by atoms with Gasteiger partial charge in [0.1, 0.15) is 5.82 Å². The zero-order chi connectivity index (χ0) is 11.7. The zero-order valence-corrected chi connectivity index (χ0v) is 10.7. The van der Waals surface area contributed by atoms with E-state index >= 15 is 0 Å². The van der Waals surface area contributed by atoms with E-state index in [1.807, 2.05) is 6.92 Å². The molecule has 0 N–H and O–H groups in total. The fourth-order valence-electron chi connectivity index (χ4n) is 1.42. The summed E-state index contributed by atoms with van der Waals surface area (Å²) in [7, 11) is 0. The summed E-state index contributed by atoms with van der Waals surface area (Å²) in [6, 6.07) is 5.17. The zero-order valence-electron chi connectivity index (χ0n) is 8.41. The third-order valence-corrected chi connectivity index (χ3v) is 2.96. The summed E-state index contributed by atoms with van der Waals surface area (Å²) in [6.07, 6.45) is 0.711. The van der Waals surface area contributed by atoms with Gasteiger partial charge in [-0.1, -0.05) is 30.1 Å². The number of nitrogens with zero attached hydrogens (tertiary/aromatic N) is 3. The normalized spacial score (nSPS) is 10.8. The number of halogens is 3. The summed E-state index contributed by atoms with van der Waals surface area (Å²) in [5, 5.41) is 9.20. The molecule has 16 heavy (non-hydrogen) atoms. The molecule has 0 fully saturated rings. The van der Waals surface area contributed by atoms with Gasteiger partial charge in [-0.2, -0.15) is 0 Å². The average Bonchev–Trinajstić information content (AvgIpc) is 2.63. The lowest BCUT2D eigenvalue weighted by atomic mass is 10.3. The van der Waals surface area contributed by atoms with Gasteiger partial charge in [-0.05, 0) is 29.8 Å². The van der Waals surface area contributed by atoms with Crippen molar-refractivity contribution in [3.63, 3.8) is 0 Å². The highest BCUT2D eigenvalue weighted by Gasteiger charge is 2.13. The smallest absolute Gasteiger partial charge is 0.229 e. The lowest BCUT2D eigenvalue weighted by Gasteiger charge is -2.08. The Morgan fingerprint density at radius 3 is 2.62 bits per heavy atom. The minimum absolute atomic E-state index is 0.279. The third kappa shape index (κ3) is 2.03. The second-order valence-electron chi connectivity index (χ2n) is 3.17. The summed E-state index contributed by atoms with van der Waals surface area (Å²) >= 11 is 18.0. The van der Waals surface area contributed by atoms with Crippen molar-refractivity contribution in [3.8, 4) is 5.69 Å². The Kier molecular flexibility index (Phi) is 3.38. The molecule has 1 aromatic heterocycles. The number of hydrogen-bond donors (Lipinski definition) is 0. The fraction of sp³-hybridized carbons (Fsp3) is 0.200. The molecule has 0 aliphatic carbocycles. The van der Waals surface area contributed by atoms with Crippen LogP contribution in [-0.4, -0.2) is 14.8 Å². The number of aromatic nitrogens is 3. The molecule has 1 aromatic carbocycles. The fourth-order valence-corrected chi connectivity index (χ4v) is 2.01. The predicted molar refractivity (Wildman–Crippen MR) is 65.8 cm³/mol. The summed E-state index contributed by atoms with van der Waals surface area (Å²) < 4.78 is 1.69. The van der Waals surface area contributed by atoms with Gasteiger partial charge in [0.25, 0.3) is 0 Å². The molecule has 0 aliphatic rings. The van der Waals surface area contributed by atoms with Gasteiger partial charge in [0.2, 0.25) is 5.28 Å². The van der Waals surface area contributed by atoms with Crippen LogP contribution in [0.4, 0.5) is 0 Å². The van der Waals surface area contributed by atoms with Gasteiger partial charge in [0.05, 0.1) is 10.7 Å². The molecule has 6 heteroatoms. The van der Waals surface area contributed by atoms with Crippen LogP contribution in [0.5, 0.6) is 0 Å². The lowest BCUT2D eigenvalue weighted by Crippen LogP contribution is -2.01. The molecule has 0 saturated carbocycles. The molecular formula is C10H8Cl3N3. The van der Waals surface area contributed by atoms with Crippen LogP contribution < -0.4 is 0 Å². The van der Waals surface area contributed by atoms with E-state index in [0.29, 0.717) is 22.2 Å². The van der Waals surface area contributed by atoms with Crippen LogP contribution in [0.3, 0.4) is 0 Å². The highest BCUT2D eigenvalue weighted by atomic mass is 35.5. The van der Waals surface area contributed by atoms with Crippen molar-refractivity contribution in [1.29, 1.82) is 0 Å². The molecule has 2 aromatic rings. The van der Waals surface area contributed by atoms with Crippen LogP contribution in [-0.2, 0) is 6.42 Å². The van der Waals surface area contributed by atoms with E-state index in [1.54, 1.807) is 22.8 Å². The second-order valence-corrected chi connectivity index (χ2v) is 4.35. The third-order valence-electron chi connectivity index (χ3n) is 2.16. The van der Waals surface area contributed by atoms with Gasteiger partial charge in [-0.15, -0.1) is 10.2 Å². The van der Waals surface area contributed by atoms with Gasteiger partial charge < -0.3 is 0 Å². The van der Waals surface area contributed by atoms with E-state index in [-0.39, 0.29) is 5.28 Å². The second kappa shape index (κ2) is 4.62. The molecule has 0 spiro atoms. The van der Waals surface area contributed by atoms with E-state index in [4.69, 9.17) is 34.8 Å². The SMILES string of the molecule is CCc1nnc(Cl)n1-c1cc(Cl)ccc1Cl. The molecular weight excluding hydrogens is 268 g/mol. The van der Waals surface area contributed by atoms with Crippen LogP contribution in [0, 0.1) is 0 Å².